The first-order chi connectivity index (χ1) is 11.1. The number of nitrogens with zero attached hydrogens (tertiary/aromatic N) is 1. The molecule has 1 fully saturated rings. The Labute approximate surface area is 138 Å². The Kier molecular flexibility index (Phi) is 6.59. The molecule has 2 unspecified atom stereocenters. The van der Waals surface area contributed by atoms with Crippen LogP contribution in [0.4, 0.5) is 0 Å². The van der Waals surface area contributed by atoms with Crippen molar-refractivity contribution in [1.82, 2.24) is 4.90 Å². The van der Waals surface area contributed by atoms with E-state index < -0.39 is 0 Å². The minimum Gasteiger partial charge on any atom is -0.370 e. The average Bonchev–Trinajstić information content (AvgIpc) is 2.54. The predicted molar refractivity (Wildman–Crippen MR) is 90.2 cm³/mol. The van der Waals surface area contributed by atoms with Crippen molar-refractivity contribution in [3.63, 3.8) is 0 Å². The Morgan fingerprint density at radius 1 is 1.13 bits per heavy atom. The van der Waals surface area contributed by atoms with Gasteiger partial charge in [0.05, 0.1) is 0 Å². The topological polar surface area (TPSA) is 89.4 Å². The average molecular weight is 317 g/mol. The van der Waals surface area contributed by atoms with E-state index in [1.165, 1.54) is 0 Å². The lowest BCUT2D eigenvalue weighted by atomic mass is 9.82. The summed E-state index contributed by atoms with van der Waals surface area (Å²) in [6.07, 6.45) is 4.97. The second-order valence-corrected chi connectivity index (χ2v) is 6.43. The molecule has 4 N–H and O–H groups in total. The van der Waals surface area contributed by atoms with Crippen molar-refractivity contribution in [2.45, 2.75) is 51.1 Å². The van der Waals surface area contributed by atoms with E-state index in [1.54, 1.807) is 4.90 Å². The molecule has 23 heavy (non-hydrogen) atoms. The zero-order chi connectivity index (χ0) is 16.7. The summed E-state index contributed by atoms with van der Waals surface area (Å²) in [6, 6.07) is 9.92. The smallest absolute Gasteiger partial charge is 0.223 e. The number of primary amides is 1. The summed E-state index contributed by atoms with van der Waals surface area (Å²) in [7, 11) is 0. The van der Waals surface area contributed by atoms with Gasteiger partial charge in [0.25, 0.3) is 0 Å². The van der Waals surface area contributed by atoms with E-state index in [4.69, 9.17) is 11.5 Å². The van der Waals surface area contributed by atoms with E-state index >= 15 is 0 Å². The summed E-state index contributed by atoms with van der Waals surface area (Å²) in [6.45, 7) is 0.875. The summed E-state index contributed by atoms with van der Waals surface area (Å²) < 4.78 is 0. The number of carbonyl (C=O) groups excluding carboxylic acids is 2. The first kappa shape index (κ1) is 17.5. The SMILES string of the molecule is NC(=O)CCN(Cc1ccccc1)C(=O)CC1CCCCC1N. The molecule has 5 heteroatoms. The molecule has 1 saturated carbocycles. The Balaban J connectivity index is 1.99. The number of hydrogen-bond acceptors (Lipinski definition) is 3. The maximum Gasteiger partial charge on any atom is 0.223 e. The number of carbonyl (C=O) groups is 2. The predicted octanol–water partition coefficient (Wildman–Crippen LogP) is 1.80. The fraction of sp³-hybridized carbons (Fsp3) is 0.556. The molecule has 0 saturated heterocycles. The van der Waals surface area contributed by atoms with Gasteiger partial charge in [0.2, 0.25) is 11.8 Å². The maximum atomic E-state index is 12.7. The molecule has 0 bridgehead atoms. The molecule has 1 aromatic carbocycles. The lowest BCUT2D eigenvalue weighted by molar-refractivity contribution is -0.133. The first-order valence-corrected chi connectivity index (χ1v) is 8.42. The van der Waals surface area contributed by atoms with E-state index in [-0.39, 0.29) is 30.2 Å². The highest BCUT2D eigenvalue weighted by atomic mass is 16.2. The Morgan fingerprint density at radius 2 is 1.83 bits per heavy atom. The Hall–Kier alpha value is -1.88. The van der Waals surface area contributed by atoms with E-state index in [1.807, 2.05) is 30.3 Å². The van der Waals surface area contributed by atoms with Gasteiger partial charge in [0.15, 0.2) is 0 Å². The van der Waals surface area contributed by atoms with Gasteiger partial charge in [-0.25, -0.2) is 0 Å². The lowest BCUT2D eigenvalue weighted by Gasteiger charge is -2.30. The quantitative estimate of drug-likeness (QED) is 0.803. The standard InChI is InChI=1S/C18H27N3O2/c19-16-9-5-4-8-15(16)12-18(23)21(11-10-17(20)22)13-14-6-2-1-3-7-14/h1-3,6-7,15-16H,4-5,8-13,19H2,(H2,20,22). The van der Waals surface area contributed by atoms with E-state index in [2.05, 4.69) is 0 Å². The molecule has 0 aliphatic heterocycles. The molecular formula is C18H27N3O2. The third kappa shape index (κ3) is 5.67. The zero-order valence-corrected chi connectivity index (χ0v) is 13.6. The van der Waals surface area contributed by atoms with Crippen LogP contribution in [0.15, 0.2) is 30.3 Å². The second-order valence-electron chi connectivity index (χ2n) is 6.43. The largest absolute Gasteiger partial charge is 0.370 e. The highest BCUT2D eigenvalue weighted by Crippen LogP contribution is 2.26. The first-order valence-electron chi connectivity index (χ1n) is 8.42. The molecule has 2 atom stereocenters. The van der Waals surface area contributed by atoms with Gasteiger partial charge in [-0.1, -0.05) is 43.2 Å². The van der Waals surface area contributed by atoms with E-state index in [0.717, 1.165) is 31.2 Å². The molecule has 2 rings (SSSR count). The summed E-state index contributed by atoms with van der Waals surface area (Å²) >= 11 is 0. The maximum absolute atomic E-state index is 12.7. The lowest BCUT2D eigenvalue weighted by Crippen LogP contribution is -2.39. The molecule has 1 aliphatic rings. The van der Waals surface area contributed by atoms with Crippen molar-refractivity contribution in [1.29, 1.82) is 0 Å². The van der Waals surface area contributed by atoms with Crippen LogP contribution in [0.3, 0.4) is 0 Å². The van der Waals surface area contributed by atoms with Gasteiger partial charge in [-0.3, -0.25) is 9.59 Å². The zero-order valence-electron chi connectivity index (χ0n) is 13.6. The number of hydrogen-bond donors (Lipinski definition) is 2. The van der Waals surface area contributed by atoms with Crippen LogP contribution >= 0.6 is 0 Å². The van der Waals surface area contributed by atoms with Crippen molar-refractivity contribution in [2.24, 2.45) is 17.4 Å². The number of nitrogens with two attached hydrogens (primary N) is 2. The van der Waals surface area contributed by atoms with E-state index in [9.17, 15) is 9.59 Å². The molecule has 1 aliphatic carbocycles. The minimum absolute atomic E-state index is 0.0671. The van der Waals surface area contributed by atoms with Gasteiger partial charge in [-0.05, 0) is 24.3 Å². The molecular weight excluding hydrogens is 290 g/mol. The van der Waals surface area contributed by atoms with Gasteiger partial charge in [0, 0.05) is 32.0 Å². The monoisotopic (exact) mass is 317 g/mol. The van der Waals surface area contributed by atoms with Crippen LogP contribution < -0.4 is 11.5 Å². The Bertz CT molecular complexity index is 518. The summed E-state index contributed by atoms with van der Waals surface area (Å²) in [5, 5.41) is 0. The summed E-state index contributed by atoms with van der Waals surface area (Å²) in [4.78, 5) is 25.5. The van der Waals surface area contributed by atoms with Crippen LogP contribution in [0.25, 0.3) is 0 Å². The number of amides is 2. The van der Waals surface area contributed by atoms with Crippen molar-refractivity contribution in [2.75, 3.05) is 6.54 Å². The van der Waals surface area contributed by atoms with Crippen LogP contribution in [-0.4, -0.2) is 29.3 Å². The molecule has 126 valence electrons. The van der Waals surface area contributed by atoms with Gasteiger partial charge in [0.1, 0.15) is 0 Å². The van der Waals surface area contributed by atoms with Crippen LogP contribution in [0.2, 0.25) is 0 Å². The van der Waals surface area contributed by atoms with Crippen LogP contribution in [0, 0.1) is 5.92 Å². The highest BCUT2D eigenvalue weighted by molar-refractivity contribution is 5.78. The van der Waals surface area contributed by atoms with Crippen LogP contribution in [0.1, 0.15) is 44.1 Å². The number of rotatable bonds is 7. The molecule has 1 aromatic rings. The molecule has 0 radical (unpaired) electrons. The normalized spacial score (nSPS) is 20.9. The fourth-order valence-corrected chi connectivity index (χ4v) is 3.18. The van der Waals surface area contributed by atoms with Gasteiger partial charge >= 0.3 is 0 Å². The van der Waals surface area contributed by atoms with Gasteiger partial charge in [-0.2, -0.15) is 0 Å². The van der Waals surface area contributed by atoms with Gasteiger partial charge in [-0.15, -0.1) is 0 Å². The molecule has 0 heterocycles. The second kappa shape index (κ2) is 8.67. The highest BCUT2D eigenvalue weighted by Gasteiger charge is 2.26. The molecule has 0 aromatic heterocycles. The van der Waals surface area contributed by atoms with Crippen molar-refractivity contribution >= 4 is 11.8 Å². The third-order valence-corrected chi connectivity index (χ3v) is 4.60. The van der Waals surface area contributed by atoms with Crippen LogP contribution in [0.5, 0.6) is 0 Å². The van der Waals surface area contributed by atoms with Gasteiger partial charge < -0.3 is 16.4 Å². The van der Waals surface area contributed by atoms with Crippen molar-refractivity contribution < 1.29 is 9.59 Å². The number of benzene rings is 1. The van der Waals surface area contributed by atoms with E-state index in [0.29, 0.717) is 19.5 Å². The molecule has 2 amide bonds. The third-order valence-electron chi connectivity index (χ3n) is 4.60. The van der Waals surface area contributed by atoms with Crippen molar-refractivity contribution in [3.05, 3.63) is 35.9 Å². The fourth-order valence-electron chi connectivity index (χ4n) is 3.18. The Morgan fingerprint density at radius 3 is 2.48 bits per heavy atom. The molecule has 0 spiro atoms. The van der Waals surface area contributed by atoms with Crippen molar-refractivity contribution in [3.8, 4) is 0 Å². The molecule has 5 nitrogen and oxygen atoms in total. The minimum atomic E-state index is -0.384. The summed E-state index contributed by atoms with van der Waals surface area (Å²) in [5.74, 6) is -0.0641. The van der Waals surface area contributed by atoms with Crippen LogP contribution in [-0.2, 0) is 16.1 Å². The summed E-state index contributed by atoms with van der Waals surface area (Å²) in [5.41, 5.74) is 12.5.